The molecule has 0 amide bonds. The monoisotopic (exact) mass is 476 g/mol. The van der Waals surface area contributed by atoms with E-state index in [1.807, 2.05) is 24.9 Å². The lowest BCUT2D eigenvalue weighted by Crippen LogP contribution is -2.35. The van der Waals surface area contributed by atoms with Crippen molar-refractivity contribution in [3.63, 3.8) is 0 Å². The van der Waals surface area contributed by atoms with Crippen LogP contribution in [0.1, 0.15) is 41.9 Å². The Kier molecular flexibility index (Phi) is 5.98. The second-order valence-electron chi connectivity index (χ2n) is 9.15. The number of hydrogen-bond donors (Lipinski definition) is 1. The summed E-state index contributed by atoms with van der Waals surface area (Å²) in [5, 5.41) is 12.2. The van der Waals surface area contributed by atoms with Gasteiger partial charge in [0.05, 0.1) is 18.0 Å². The van der Waals surface area contributed by atoms with Gasteiger partial charge in [0.2, 0.25) is 0 Å². The SMILES string of the molecule is CN1C(c2ccnnc2)=NNC1SCCCN1CC[C@]2(C[C@H]2c2ccc(C(F)(F)F)cc2)C1. The number of benzene rings is 1. The van der Waals surface area contributed by atoms with Gasteiger partial charge in [-0.3, -0.25) is 5.43 Å². The molecule has 2 aliphatic heterocycles. The van der Waals surface area contributed by atoms with Crippen LogP contribution < -0.4 is 5.43 Å². The standard InChI is InChI=1S/C23H27F3N6S/c1-31-20(17-7-9-27-28-14-17)29-30-21(31)33-12-2-10-32-11-8-22(15-32)13-19(22)16-3-5-18(6-4-16)23(24,25)26/h3-7,9,14,19,21,30H,2,8,10-13,15H2,1H3/t19-,21?,22-/m0/s1. The molecule has 1 aromatic carbocycles. The van der Waals surface area contributed by atoms with Gasteiger partial charge in [-0.25, -0.2) is 0 Å². The molecule has 3 atom stereocenters. The van der Waals surface area contributed by atoms with Crippen molar-refractivity contribution in [1.82, 2.24) is 25.4 Å². The first-order valence-electron chi connectivity index (χ1n) is 11.2. The molecule has 5 rings (SSSR count). The van der Waals surface area contributed by atoms with E-state index in [9.17, 15) is 13.2 Å². The zero-order valence-electron chi connectivity index (χ0n) is 18.4. The highest BCUT2D eigenvalue weighted by Crippen LogP contribution is 2.64. The van der Waals surface area contributed by atoms with Crippen molar-refractivity contribution in [2.75, 3.05) is 32.4 Å². The maximum absolute atomic E-state index is 12.8. The van der Waals surface area contributed by atoms with Crippen molar-refractivity contribution >= 4 is 17.6 Å². The van der Waals surface area contributed by atoms with Gasteiger partial charge in [0, 0.05) is 19.2 Å². The molecule has 1 spiro atoms. The number of hydrazone groups is 1. The Bertz CT molecular complexity index is 1000. The number of nitrogens with zero attached hydrogens (tertiary/aromatic N) is 5. The fraction of sp³-hybridized carbons (Fsp3) is 0.522. The summed E-state index contributed by atoms with van der Waals surface area (Å²) in [5.41, 5.74) is 4.98. The van der Waals surface area contributed by atoms with E-state index in [-0.39, 0.29) is 10.9 Å². The molecule has 3 heterocycles. The van der Waals surface area contributed by atoms with Gasteiger partial charge in [-0.2, -0.15) is 28.5 Å². The van der Waals surface area contributed by atoms with E-state index >= 15 is 0 Å². The molecular formula is C23H27F3N6S. The second-order valence-corrected chi connectivity index (χ2v) is 10.3. The molecule has 1 saturated carbocycles. The van der Waals surface area contributed by atoms with E-state index in [1.165, 1.54) is 12.1 Å². The molecule has 1 aromatic heterocycles. The van der Waals surface area contributed by atoms with E-state index in [0.29, 0.717) is 5.92 Å². The Morgan fingerprint density at radius 1 is 1.18 bits per heavy atom. The van der Waals surface area contributed by atoms with Crippen molar-refractivity contribution < 1.29 is 13.2 Å². The van der Waals surface area contributed by atoms with E-state index in [4.69, 9.17) is 0 Å². The van der Waals surface area contributed by atoms with Crippen LogP contribution in [0.3, 0.4) is 0 Å². The summed E-state index contributed by atoms with van der Waals surface area (Å²) >= 11 is 1.84. The Hall–Kier alpha value is -2.33. The normalized spacial score (nSPS) is 27.2. The third kappa shape index (κ3) is 4.68. The maximum atomic E-state index is 12.8. The quantitative estimate of drug-likeness (QED) is 0.611. The second kappa shape index (κ2) is 8.79. The maximum Gasteiger partial charge on any atom is 0.416 e. The molecule has 0 radical (unpaired) electrons. The first kappa shape index (κ1) is 22.5. The lowest BCUT2D eigenvalue weighted by Gasteiger charge is -2.22. The molecule has 2 fully saturated rings. The highest BCUT2D eigenvalue weighted by atomic mass is 32.2. The van der Waals surface area contributed by atoms with Gasteiger partial charge in [0.25, 0.3) is 0 Å². The Balaban J connectivity index is 1.04. The van der Waals surface area contributed by atoms with Gasteiger partial charge < -0.3 is 9.80 Å². The molecule has 3 aliphatic rings. The van der Waals surface area contributed by atoms with Crippen molar-refractivity contribution in [3.8, 4) is 0 Å². The number of amidine groups is 1. The van der Waals surface area contributed by atoms with Crippen LogP contribution >= 0.6 is 11.8 Å². The summed E-state index contributed by atoms with van der Waals surface area (Å²) < 4.78 is 38.5. The molecular weight excluding hydrogens is 449 g/mol. The molecule has 33 heavy (non-hydrogen) atoms. The summed E-state index contributed by atoms with van der Waals surface area (Å²) in [6.07, 6.45) is 2.42. The lowest BCUT2D eigenvalue weighted by atomic mass is 9.97. The third-order valence-corrected chi connectivity index (χ3v) is 8.26. The number of aromatic nitrogens is 2. The zero-order chi connectivity index (χ0) is 23.1. The fourth-order valence-electron chi connectivity index (χ4n) is 5.07. The number of nitrogens with one attached hydrogen (secondary N) is 1. The summed E-state index contributed by atoms with van der Waals surface area (Å²) in [6.45, 7) is 3.17. The minimum atomic E-state index is -4.27. The molecule has 6 nitrogen and oxygen atoms in total. The smallest absolute Gasteiger partial charge is 0.328 e. The topological polar surface area (TPSA) is 56.7 Å². The van der Waals surface area contributed by atoms with Crippen LogP contribution in [0, 0.1) is 5.41 Å². The van der Waals surface area contributed by atoms with Gasteiger partial charge in [-0.05, 0) is 73.2 Å². The van der Waals surface area contributed by atoms with Gasteiger partial charge >= 0.3 is 6.18 Å². The third-order valence-electron chi connectivity index (χ3n) is 7.00. The van der Waals surface area contributed by atoms with Crippen molar-refractivity contribution in [3.05, 3.63) is 59.4 Å². The average molecular weight is 477 g/mol. The van der Waals surface area contributed by atoms with Gasteiger partial charge in [-0.15, -0.1) is 11.8 Å². The predicted octanol–water partition coefficient (Wildman–Crippen LogP) is 3.98. The van der Waals surface area contributed by atoms with E-state index < -0.39 is 11.7 Å². The lowest BCUT2D eigenvalue weighted by molar-refractivity contribution is -0.137. The van der Waals surface area contributed by atoms with Crippen LogP contribution in [0.15, 0.2) is 47.8 Å². The molecule has 1 aliphatic carbocycles. The number of likely N-dealkylation sites (tertiary alicyclic amines) is 1. The first-order chi connectivity index (χ1) is 15.9. The van der Waals surface area contributed by atoms with Crippen LogP contribution in [0.4, 0.5) is 13.2 Å². The van der Waals surface area contributed by atoms with Crippen molar-refractivity contribution in [2.24, 2.45) is 10.5 Å². The first-order valence-corrected chi connectivity index (χ1v) is 12.2. The summed E-state index contributed by atoms with van der Waals surface area (Å²) in [7, 11) is 2.02. The van der Waals surface area contributed by atoms with Crippen LogP contribution in [0.2, 0.25) is 0 Å². The molecule has 1 N–H and O–H groups in total. The van der Waals surface area contributed by atoms with Gasteiger partial charge in [-0.1, -0.05) is 12.1 Å². The van der Waals surface area contributed by atoms with Crippen LogP contribution in [-0.2, 0) is 6.18 Å². The number of rotatable bonds is 7. The highest BCUT2D eigenvalue weighted by Gasteiger charge is 2.57. The zero-order valence-corrected chi connectivity index (χ0v) is 19.2. The number of hydrogen-bond acceptors (Lipinski definition) is 7. The van der Waals surface area contributed by atoms with Gasteiger partial charge in [0.1, 0.15) is 0 Å². The summed E-state index contributed by atoms with van der Waals surface area (Å²) in [6, 6.07) is 7.69. The minimum Gasteiger partial charge on any atom is -0.328 e. The highest BCUT2D eigenvalue weighted by molar-refractivity contribution is 7.99. The Morgan fingerprint density at radius 2 is 2.00 bits per heavy atom. The molecule has 10 heteroatoms. The Morgan fingerprint density at radius 3 is 2.73 bits per heavy atom. The van der Waals surface area contributed by atoms with Crippen molar-refractivity contribution in [1.29, 1.82) is 0 Å². The molecule has 0 bridgehead atoms. The number of halogens is 3. The molecule has 1 saturated heterocycles. The van der Waals surface area contributed by atoms with E-state index in [2.05, 4.69) is 30.5 Å². The Labute approximate surface area is 195 Å². The number of alkyl halides is 3. The summed E-state index contributed by atoms with van der Waals surface area (Å²) in [4.78, 5) is 4.63. The number of thioether (sulfide) groups is 1. The average Bonchev–Trinajstić information content (AvgIpc) is 3.15. The van der Waals surface area contributed by atoms with Crippen LogP contribution in [-0.4, -0.2) is 63.8 Å². The van der Waals surface area contributed by atoms with Crippen LogP contribution in [0.25, 0.3) is 0 Å². The fourth-order valence-corrected chi connectivity index (χ4v) is 6.04. The van der Waals surface area contributed by atoms with E-state index in [1.54, 1.807) is 24.5 Å². The molecule has 176 valence electrons. The summed E-state index contributed by atoms with van der Waals surface area (Å²) in [5.74, 6) is 2.28. The van der Waals surface area contributed by atoms with Crippen molar-refractivity contribution in [2.45, 2.75) is 36.9 Å². The molecule has 2 aromatic rings. The van der Waals surface area contributed by atoms with Crippen LogP contribution in [0.5, 0.6) is 0 Å². The largest absolute Gasteiger partial charge is 0.416 e. The minimum absolute atomic E-state index is 0.102. The van der Waals surface area contributed by atoms with E-state index in [0.717, 1.165) is 61.6 Å². The molecule has 1 unspecified atom stereocenters. The van der Waals surface area contributed by atoms with Gasteiger partial charge in [0.15, 0.2) is 11.3 Å². The predicted molar refractivity (Wildman–Crippen MR) is 123 cm³/mol.